The van der Waals surface area contributed by atoms with Crippen molar-refractivity contribution in [3.63, 3.8) is 0 Å². The first-order chi connectivity index (χ1) is 28.8. The van der Waals surface area contributed by atoms with E-state index in [1.807, 2.05) is 0 Å². The molecule has 0 unspecified atom stereocenters. The lowest BCUT2D eigenvalue weighted by atomic mass is 9.67. The van der Waals surface area contributed by atoms with Crippen molar-refractivity contribution in [2.45, 2.75) is 56.8 Å². The smallest absolute Gasteiger partial charge is 0.0714 e. The van der Waals surface area contributed by atoms with Gasteiger partial charge in [0.25, 0.3) is 0 Å². The van der Waals surface area contributed by atoms with Crippen LogP contribution >= 0.6 is 0 Å². The maximum Gasteiger partial charge on any atom is 0.0714 e. The third-order valence-electron chi connectivity index (χ3n) is 13.3. The average molecular weight is 746 g/mol. The van der Waals surface area contributed by atoms with E-state index >= 15 is 0 Å². The Hall–Kier alpha value is -6.44. The van der Waals surface area contributed by atoms with Crippen molar-refractivity contribution in [2.24, 2.45) is 0 Å². The molecule has 8 aromatic rings. The average Bonchev–Trinajstić information content (AvgIpc) is 3.59. The molecule has 3 aliphatic carbocycles. The van der Waals surface area contributed by atoms with E-state index in [-0.39, 0.29) is 0 Å². The Morgan fingerprint density at radius 1 is 0.345 bits per heavy atom. The zero-order valence-corrected chi connectivity index (χ0v) is 33.0. The minimum atomic E-state index is -0.504. The molecule has 0 atom stereocenters. The SMILES string of the molecule is c1ccc(N(c2ccc3c(c2)CCCC3)c2cc3c(cc2-c2ccc(-c4cccc5c4CCCC5)cc2)-c2ccccc2C3(c2ccccc2)c2ccccc2)cc1. The number of para-hydroxylation sites is 1. The Morgan fingerprint density at radius 3 is 1.66 bits per heavy atom. The minimum Gasteiger partial charge on any atom is -0.310 e. The zero-order valence-electron chi connectivity index (χ0n) is 33.0. The van der Waals surface area contributed by atoms with Gasteiger partial charge in [-0.05, 0) is 160 Å². The largest absolute Gasteiger partial charge is 0.310 e. The number of hydrogen-bond acceptors (Lipinski definition) is 1. The highest BCUT2D eigenvalue weighted by Crippen LogP contribution is 2.59. The van der Waals surface area contributed by atoms with E-state index in [9.17, 15) is 0 Å². The maximum absolute atomic E-state index is 2.55. The number of aryl methyl sites for hydroxylation is 3. The molecule has 0 radical (unpaired) electrons. The molecule has 0 amide bonds. The predicted octanol–water partition coefficient (Wildman–Crippen LogP) is 14.6. The summed E-state index contributed by atoms with van der Waals surface area (Å²) in [5.41, 5.74) is 22.0. The molecule has 8 aromatic carbocycles. The fourth-order valence-electron chi connectivity index (χ4n) is 10.6. The van der Waals surface area contributed by atoms with E-state index in [1.54, 1.807) is 0 Å². The van der Waals surface area contributed by atoms with Gasteiger partial charge in [0.15, 0.2) is 0 Å². The molecule has 0 fully saturated rings. The van der Waals surface area contributed by atoms with Gasteiger partial charge in [-0.1, -0.05) is 152 Å². The van der Waals surface area contributed by atoms with Gasteiger partial charge in [-0.25, -0.2) is 0 Å². The van der Waals surface area contributed by atoms with Crippen LogP contribution in [-0.4, -0.2) is 0 Å². The van der Waals surface area contributed by atoms with Crippen molar-refractivity contribution in [1.82, 2.24) is 0 Å². The Bertz CT molecular complexity index is 2720. The highest BCUT2D eigenvalue weighted by atomic mass is 15.1. The fourth-order valence-corrected chi connectivity index (χ4v) is 10.6. The first kappa shape index (κ1) is 34.8. The Morgan fingerprint density at radius 2 is 0.931 bits per heavy atom. The molecule has 11 rings (SSSR count). The molecule has 1 heteroatoms. The van der Waals surface area contributed by atoms with Crippen LogP contribution in [0.1, 0.15) is 70.2 Å². The molecule has 280 valence electrons. The molecule has 0 bridgehead atoms. The lowest BCUT2D eigenvalue weighted by Gasteiger charge is -2.35. The summed E-state index contributed by atoms with van der Waals surface area (Å²) in [5.74, 6) is 0. The van der Waals surface area contributed by atoms with E-state index in [2.05, 4.69) is 193 Å². The highest BCUT2D eigenvalue weighted by Gasteiger charge is 2.46. The van der Waals surface area contributed by atoms with Crippen LogP contribution in [0.25, 0.3) is 33.4 Å². The zero-order chi connectivity index (χ0) is 38.5. The summed E-state index contributed by atoms with van der Waals surface area (Å²) in [4.78, 5) is 2.54. The van der Waals surface area contributed by atoms with Gasteiger partial charge in [0.05, 0.1) is 11.1 Å². The topological polar surface area (TPSA) is 3.24 Å². The van der Waals surface area contributed by atoms with Gasteiger partial charge >= 0.3 is 0 Å². The van der Waals surface area contributed by atoms with E-state index in [0.29, 0.717) is 0 Å². The molecule has 1 nitrogen and oxygen atoms in total. The molecule has 0 spiro atoms. The molecule has 0 saturated heterocycles. The van der Waals surface area contributed by atoms with E-state index < -0.39 is 5.41 Å². The highest BCUT2D eigenvalue weighted by molar-refractivity contribution is 5.97. The summed E-state index contributed by atoms with van der Waals surface area (Å²) in [6.45, 7) is 0. The monoisotopic (exact) mass is 745 g/mol. The van der Waals surface area contributed by atoms with E-state index in [0.717, 1.165) is 18.5 Å². The number of hydrogen-bond donors (Lipinski definition) is 0. The third-order valence-corrected chi connectivity index (χ3v) is 13.3. The van der Waals surface area contributed by atoms with Gasteiger partial charge in [0, 0.05) is 16.9 Å². The molecular formula is C57H47N. The molecule has 0 aromatic heterocycles. The second-order valence-electron chi connectivity index (χ2n) is 16.5. The predicted molar refractivity (Wildman–Crippen MR) is 243 cm³/mol. The molecular weight excluding hydrogens is 699 g/mol. The lowest BCUT2D eigenvalue weighted by molar-refractivity contribution is 0.685. The molecule has 0 saturated carbocycles. The Labute approximate surface area is 343 Å². The molecule has 3 aliphatic rings. The summed E-state index contributed by atoms with van der Waals surface area (Å²) in [5, 5.41) is 0. The van der Waals surface area contributed by atoms with Crippen LogP contribution in [0.15, 0.2) is 188 Å². The van der Waals surface area contributed by atoms with Crippen LogP contribution < -0.4 is 4.90 Å². The third kappa shape index (κ3) is 5.67. The summed E-state index contributed by atoms with van der Waals surface area (Å²) in [6.07, 6.45) is 9.73. The van der Waals surface area contributed by atoms with Crippen LogP contribution in [0, 0.1) is 0 Å². The van der Waals surface area contributed by atoms with E-state index in [4.69, 9.17) is 0 Å². The first-order valence-electron chi connectivity index (χ1n) is 21.4. The lowest BCUT2D eigenvalue weighted by Crippen LogP contribution is -2.28. The van der Waals surface area contributed by atoms with Gasteiger partial charge < -0.3 is 4.90 Å². The molecule has 58 heavy (non-hydrogen) atoms. The Balaban J connectivity index is 1.20. The summed E-state index contributed by atoms with van der Waals surface area (Å²) in [7, 11) is 0. The summed E-state index contributed by atoms with van der Waals surface area (Å²) < 4.78 is 0. The first-order valence-corrected chi connectivity index (χ1v) is 21.4. The Kier molecular flexibility index (Phi) is 8.69. The quantitative estimate of drug-likeness (QED) is 0.157. The normalized spacial score (nSPS) is 14.8. The van der Waals surface area contributed by atoms with Gasteiger partial charge in [-0.2, -0.15) is 0 Å². The van der Waals surface area contributed by atoms with Crippen molar-refractivity contribution < 1.29 is 0 Å². The number of rotatable bonds is 7. The van der Waals surface area contributed by atoms with E-state index in [1.165, 1.54) is 128 Å². The molecule has 0 heterocycles. The van der Waals surface area contributed by atoms with Crippen LogP contribution in [0.2, 0.25) is 0 Å². The van der Waals surface area contributed by atoms with Crippen molar-refractivity contribution in [3.8, 4) is 33.4 Å². The second kappa shape index (κ2) is 14.5. The van der Waals surface area contributed by atoms with Crippen LogP contribution in [0.5, 0.6) is 0 Å². The van der Waals surface area contributed by atoms with Crippen molar-refractivity contribution in [2.75, 3.05) is 4.90 Å². The van der Waals surface area contributed by atoms with Gasteiger partial charge in [0.2, 0.25) is 0 Å². The number of benzene rings is 8. The maximum atomic E-state index is 2.55. The number of fused-ring (bicyclic) bond motifs is 5. The van der Waals surface area contributed by atoms with Gasteiger partial charge in [-0.15, -0.1) is 0 Å². The minimum absolute atomic E-state index is 0.504. The van der Waals surface area contributed by atoms with Crippen molar-refractivity contribution >= 4 is 17.1 Å². The molecule has 0 N–H and O–H groups in total. The number of anilines is 3. The number of nitrogens with zero attached hydrogens (tertiary/aromatic N) is 1. The standard InChI is InChI=1S/C57H47N/c1-4-21-45(22-5-1)57(46-23-6-2-7-24-46)54-30-15-14-28-51(54)53-38-52(43-33-31-42(32-34-43)50-29-16-20-41-18-12-13-27-49(41)50)56(39-55(53)57)58(47-25-8-3-9-26-47)48-36-35-40-17-10-11-19-44(40)37-48/h1-9,14-16,20-26,28-39H,10-13,17-19,27H2. The van der Waals surface area contributed by atoms with Crippen molar-refractivity contribution in [1.29, 1.82) is 0 Å². The van der Waals surface area contributed by atoms with Crippen LogP contribution in [0.4, 0.5) is 17.1 Å². The summed E-state index contributed by atoms with van der Waals surface area (Å²) in [6, 6.07) is 71.3. The van der Waals surface area contributed by atoms with Gasteiger partial charge in [0.1, 0.15) is 0 Å². The van der Waals surface area contributed by atoms with Crippen LogP contribution in [-0.2, 0) is 31.1 Å². The van der Waals surface area contributed by atoms with Crippen molar-refractivity contribution in [3.05, 3.63) is 233 Å². The molecule has 0 aliphatic heterocycles. The fraction of sp³-hybridized carbons (Fsp3) is 0.158. The second-order valence-corrected chi connectivity index (χ2v) is 16.5. The summed E-state index contributed by atoms with van der Waals surface area (Å²) >= 11 is 0. The van der Waals surface area contributed by atoms with Gasteiger partial charge in [-0.3, -0.25) is 0 Å². The van der Waals surface area contributed by atoms with Crippen LogP contribution in [0.3, 0.4) is 0 Å².